The lowest BCUT2D eigenvalue weighted by molar-refractivity contribution is -0.137. The Morgan fingerprint density at radius 1 is 1.40 bits per heavy atom. The van der Waals surface area contributed by atoms with Crippen LogP contribution in [0.3, 0.4) is 0 Å². The quantitative estimate of drug-likeness (QED) is 0.871. The van der Waals surface area contributed by atoms with Crippen molar-refractivity contribution in [2.45, 2.75) is 32.7 Å². The Hall–Kier alpha value is -2.16. The van der Waals surface area contributed by atoms with Crippen LogP contribution in [0.5, 0.6) is 0 Å². The molecule has 0 saturated carbocycles. The number of benzene rings is 1. The van der Waals surface area contributed by atoms with E-state index in [2.05, 4.69) is 0 Å². The summed E-state index contributed by atoms with van der Waals surface area (Å²) < 4.78 is 27.9. The molecule has 0 fully saturated rings. The van der Waals surface area contributed by atoms with Crippen molar-refractivity contribution in [3.8, 4) is 6.07 Å². The van der Waals surface area contributed by atoms with Crippen LogP contribution in [-0.4, -0.2) is 23.7 Å². The summed E-state index contributed by atoms with van der Waals surface area (Å²) in [5.74, 6) is -2.58. The molecule has 0 saturated heterocycles. The highest BCUT2D eigenvalue weighted by atomic mass is 19.1. The molecule has 1 aromatic carbocycles. The first-order valence-electron chi connectivity index (χ1n) is 6.24. The van der Waals surface area contributed by atoms with E-state index in [4.69, 9.17) is 10.4 Å². The molecule has 0 amide bonds. The van der Waals surface area contributed by atoms with Gasteiger partial charge in [0, 0.05) is 19.0 Å². The van der Waals surface area contributed by atoms with Crippen LogP contribution in [0.4, 0.5) is 14.5 Å². The van der Waals surface area contributed by atoms with Crippen LogP contribution in [0.2, 0.25) is 0 Å². The van der Waals surface area contributed by atoms with Crippen molar-refractivity contribution in [3.63, 3.8) is 0 Å². The van der Waals surface area contributed by atoms with Gasteiger partial charge >= 0.3 is 5.97 Å². The number of carboxylic acid groups (broad SMARTS) is 1. The number of aliphatic carboxylic acids is 1. The van der Waals surface area contributed by atoms with E-state index in [1.165, 1.54) is 4.90 Å². The Morgan fingerprint density at radius 3 is 2.35 bits per heavy atom. The van der Waals surface area contributed by atoms with Crippen molar-refractivity contribution in [1.29, 1.82) is 5.26 Å². The highest BCUT2D eigenvalue weighted by Gasteiger charge is 2.20. The highest BCUT2D eigenvalue weighted by molar-refractivity contribution is 5.66. The molecule has 1 N–H and O–H groups in total. The fourth-order valence-electron chi connectivity index (χ4n) is 1.93. The number of carboxylic acids is 1. The van der Waals surface area contributed by atoms with Crippen LogP contribution in [0.25, 0.3) is 0 Å². The molecular weight excluding hydrogens is 266 g/mol. The largest absolute Gasteiger partial charge is 0.481 e. The van der Waals surface area contributed by atoms with Gasteiger partial charge in [0.1, 0.15) is 5.69 Å². The fourth-order valence-corrected chi connectivity index (χ4v) is 1.93. The number of carbonyl (C=O) groups is 1. The van der Waals surface area contributed by atoms with Gasteiger partial charge in [-0.1, -0.05) is 0 Å². The van der Waals surface area contributed by atoms with Crippen LogP contribution in [-0.2, 0) is 4.79 Å². The predicted molar refractivity (Wildman–Crippen MR) is 70.4 cm³/mol. The number of hydrogen-bond donors (Lipinski definition) is 1. The van der Waals surface area contributed by atoms with Crippen molar-refractivity contribution in [3.05, 3.63) is 29.3 Å². The summed E-state index contributed by atoms with van der Waals surface area (Å²) in [5.41, 5.74) is -0.303. The zero-order chi connectivity index (χ0) is 15.3. The molecule has 0 aliphatic heterocycles. The number of anilines is 1. The third-order valence-electron chi connectivity index (χ3n) is 2.85. The minimum atomic E-state index is -0.950. The van der Waals surface area contributed by atoms with Crippen molar-refractivity contribution < 1.29 is 18.7 Å². The Morgan fingerprint density at radius 2 is 1.95 bits per heavy atom. The summed E-state index contributed by atoms with van der Waals surface area (Å²) in [6.45, 7) is 3.75. The first-order chi connectivity index (χ1) is 9.36. The van der Waals surface area contributed by atoms with E-state index < -0.39 is 17.6 Å². The molecule has 1 rings (SSSR count). The number of rotatable bonds is 6. The smallest absolute Gasteiger partial charge is 0.303 e. The van der Waals surface area contributed by atoms with Crippen molar-refractivity contribution >= 4 is 11.7 Å². The number of nitrogens with zero attached hydrogens (tertiary/aromatic N) is 2. The molecule has 20 heavy (non-hydrogen) atoms. The van der Waals surface area contributed by atoms with E-state index in [1.54, 1.807) is 19.9 Å². The van der Waals surface area contributed by atoms with Gasteiger partial charge in [0.05, 0.1) is 11.6 Å². The molecule has 0 spiro atoms. The monoisotopic (exact) mass is 282 g/mol. The first kappa shape index (κ1) is 15.9. The third kappa shape index (κ3) is 3.92. The summed E-state index contributed by atoms with van der Waals surface area (Å²) in [7, 11) is 0. The highest BCUT2D eigenvalue weighted by Crippen LogP contribution is 2.27. The summed E-state index contributed by atoms with van der Waals surface area (Å²) in [6, 6.07) is 3.45. The molecule has 1 aromatic rings. The molecule has 0 aromatic heterocycles. The maximum atomic E-state index is 13.9. The zero-order valence-electron chi connectivity index (χ0n) is 11.4. The molecule has 0 unspecified atom stereocenters. The number of halogens is 2. The zero-order valence-corrected chi connectivity index (χ0v) is 11.4. The van der Waals surface area contributed by atoms with Crippen LogP contribution in [0.15, 0.2) is 12.1 Å². The van der Waals surface area contributed by atoms with Gasteiger partial charge in [-0.15, -0.1) is 0 Å². The van der Waals surface area contributed by atoms with Gasteiger partial charge in [-0.3, -0.25) is 4.79 Å². The topological polar surface area (TPSA) is 64.3 Å². The Kier molecular flexibility index (Phi) is 5.44. The Labute approximate surface area is 116 Å². The molecule has 0 radical (unpaired) electrons. The van der Waals surface area contributed by atoms with Crippen LogP contribution < -0.4 is 4.90 Å². The van der Waals surface area contributed by atoms with Gasteiger partial charge in [-0.25, -0.2) is 8.78 Å². The van der Waals surface area contributed by atoms with Gasteiger partial charge in [-0.2, -0.15) is 5.26 Å². The summed E-state index contributed by atoms with van der Waals surface area (Å²) in [4.78, 5) is 12.0. The average molecular weight is 282 g/mol. The molecule has 0 bridgehead atoms. The summed E-state index contributed by atoms with van der Waals surface area (Å²) >= 11 is 0. The summed E-state index contributed by atoms with van der Waals surface area (Å²) in [5, 5.41) is 17.3. The molecule has 108 valence electrons. The molecular formula is C14H16F2N2O2. The number of hydrogen-bond acceptors (Lipinski definition) is 3. The fraction of sp³-hybridized carbons (Fsp3) is 0.429. The van der Waals surface area contributed by atoms with Crippen molar-refractivity contribution in [1.82, 2.24) is 0 Å². The lowest BCUT2D eigenvalue weighted by Gasteiger charge is -2.29. The molecule has 0 heterocycles. The lowest BCUT2D eigenvalue weighted by atomic mass is 10.1. The van der Waals surface area contributed by atoms with E-state index in [-0.39, 0.29) is 36.7 Å². The Bertz CT molecular complexity index is 515. The predicted octanol–water partition coefficient (Wildman–Crippen LogP) is 2.92. The van der Waals surface area contributed by atoms with E-state index in [0.29, 0.717) is 0 Å². The lowest BCUT2D eigenvalue weighted by Crippen LogP contribution is -2.33. The normalized spacial score (nSPS) is 10.4. The maximum Gasteiger partial charge on any atom is 0.303 e. The standard InChI is InChI=1S/C14H16F2N2O2/c1-9(2)18(5-3-4-13(19)20)14-11(15)6-10(8-17)7-12(14)16/h6-7,9H,3-5H2,1-2H3,(H,19,20). The number of nitriles is 1. The summed E-state index contributed by atoms with van der Waals surface area (Å²) in [6.07, 6.45) is 0.217. The van der Waals surface area contributed by atoms with Crippen molar-refractivity contribution in [2.24, 2.45) is 0 Å². The molecule has 0 aliphatic rings. The second kappa shape index (κ2) is 6.85. The van der Waals surface area contributed by atoms with Crippen LogP contribution in [0, 0.1) is 23.0 Å². The third-order valence-corrected chi connectivity index (χ3v) is 2.85. The van der Waals surface area contributed by atoms with Crippen molar-refractivity contribution in [2.75, 3.05) is 11.4 Å². The van der Waals surface area contributed by atoms with Gasteiger partial charge in [-0.05, 0) is 32.4 Å². The van der Waals surface area contributed by atoms with Crippen LogP contribution >= 0.6 is 0 Å². The van der Waals surface area contributed by atoms with Gasteiger partial charge in [0.15, 0.2) is 11.6 Å². The molecule has 4 nitrogen and oxygen atoms in total. The minimum Gasteiger partial charge on any atom is -0.481 e. The Balaban J connectivity index is 3.03. The molecule has 6 heteroatoms. The van der Waals surface area contributed by atoms with Gasteiger partial charge < -0.3 is 10.0 Å². The van der Waals surface area contributed by atoms with E-state index in [9.17, 15) is 13.6 Å². The average Bonchev–Trinajstić information content (AvgIpc) is 2.35. The van der Waals surface area contributed by atoms with Gasteiger partial charge in [0.25, 0.3) is 0 Å². The molecule has 0 atom stereocenters. The van der Waals surface area contributed by atoms with Crippen LogP contribution in [0.1, 0.15) is 32.3 Å². The second-order valence-electron chi connectivity index (χ2n) is 4.68. The second-order valence-corrected chi connectivity index (χ2v) is 4.68. The van der Waals surface area contributed by atoms with E-state index >= 15 is 0 Å². The first-order valence-corrected chi connectivity index (χ1v) is 6.24. The van der Waals surface area contributed by atoms with E-state index in [0.717, 1.165) is 12.1 Å². The SMILES string of the molecule is CC(C)N(CCCC(=O)O)c1c(F)cc(C#N)cc1F. The minimum absolute atomic E-state index is 0.0667. The maximum absolute atomic E-state index is 13.9. The van der Waals surface area contributed by atoms with Gasteiger partial charge in [0.2, 0.25) is 0 Å². The molecule has 0 aliphatic carbocycles. The van der Waals surface area contributed by atoms with E-state index in [1.807, 2.05) is 0 Å².